The summed E-state index contributed by atoms with van der Waals surface area (Å²) in [6.07, 6.45) is 2.16. The van der Waals surface area contributed by atoms with Crippen LogP contribution in [0.1, 0.15) is 19.3 Å². The zero-order chi connectivity index (χ0) is 7.98. The van der Waals surface area contributed by atoms with Crippen molar-refractivity contribution in [3.05, 3.63) is 0 Å². The number of nitrogens with two attached hydrogens (primary N) is 2. The summed E-state index contributed by atoms with van der Waals surface area (Å²) in [6.45, 7) is 0.604. The fourth-order valence-electron chi connectivity index (χ4n) is 0.632. The van der Waals surface area contributed by atoms with E-state index in [4.69, 9.17) is 16.6 Å². The SMILES string of the molecule is NCCCCC(N)C(=O)O.[Co]. The summed E-state index contributed by atoms with van der Waals surface area (Å²) in [4.78, 5) is 10.1. The van der Waals surface area contributed by atoms with E-state index < -0.39 is 12.0 Å². The first-order valence-electron chi connectivity index (χ1n) is 3.37. The third kappa shape index (κ3) is 7.80. The second-order valence-electron chi connectivity index (χ2n) is 2.23. The molecule has 5 N–H and O–H groups in total. The molecule has 1 radical (unpaired) electrons. The maximum absolute atomic E-state index is 10.1. The smallest absolute Gasteiger partial charge is 0.320 e. The number of aliphatic carboxylic acids is 1. The van der Waals surface area contributed by atoms with E-state index in [1.165, 1.54) is 0 Å². The second-order valence-corrected chi connectivity index (χ2v) is 2.23. The van der Waals surface area contributed by atoms with Crippen LogP contribution in [-0.2, 0) is 21.6 Å². The number of unbranched alkanes of at least 4 members (excludes halogenated alkanes) is 1. The minimum absolute atomic E-state index is 0. The van der Waals surface area contributed by atoms with Gasteiger partial charge < -0.3 is 16.6 Å². The van der Waals surface area contributed by atoms with Gasteiger partial charge in [-0.1, -0.05) is 6.42 Å². The Morgan fingerprint density at radius 1 is 1.45 bits per heavy atom. The van der Waals surface area contributed by atoms with E-state index >= 15 is 0 Å². The summed E-state index contributed by atoms with van der Waals surface area (Å²) in [7, 11) is 0. The summed E-state index contributed by atoms with van der Waals surface area (Å²) in [5.74, 6) is -0.933. The zero-order valence-electron chi connectivity index (χ0n) is 6.25. The molecule has 0 rings (SSSR count). The van der Waals surface area contributed by atoms with Crippen molar-refractivity contribution < 1.29 is 26.7 Å². The van der Waals surface area contributed by atoms with E-state index in [2.05, 4.69) is 0 Å². The van der Waals surface area contributed by atoms with E-state index in [1.807, 2.05) is 0 Å². The molecule has 0 saturated heterocycles. The van der Waals surface area contributed by atoms with Crippen LogP contribution < -0.4 is 11.5 Å². The number of hydrogen-bond acceptors (Lipinski definition) is 3. The van der Waals surface area contributed by atoms with Crippen molar-refractivity contribution in [1.82, 2.24) is 0 Å². The van der Waals surface area contributed by atoms with Gasteiger partial charge in [0.05, 0.1) is 0 Å². The Morgan fingerprint density at radius 3 is 2.36 bits per heavy atom. The normalized spacial score (nSPS) is 11.8. The summed E-state index contributed by atoms with van der Waals surface area (Å²) < 4.78 is 0. The van der Waals surface area contributed by atoms with Gasteiger partial charge in [0.15, 0.2) is 0 Å². The third-order valence-electron chi connectivity index (χ3n) is 1.29. The molecule has 0 aromatic heterocycles. The Labute approximate surface area is 76.5 Å². The minimum atomic E-state index is -0.933. The fraction of sp³-hybridized carbons (Fsp3) is 0.833. The molecule has 0 aliphatic carbocycles. The Morgan fingerprint density at radius 2 is 2.00 bits per heavy atom. The Bertz CT molecular complexity index is 111. The van der Waals surface area contributed by atoms with Crippen molar-refractivity contribution in [3.8, 4) is 0 Å². The Balaban J connectivity index is 0. The van der Waals surface area contributed by atoms with E-state index in [9.17, 15) is 4.79 Å². The summed E-state index contributed by atoms with van der Waals surface area (Å²) in [5, 5.41) is 8.33. The zero-order valence-corrected chi connectivity index (χ0v) is 7.29. The predicted molar refractivity (Wildman–Crippen MR) is 38.5 cm³/mol. The first-order chi connectivity index (χ1) is 4.68. The average molecular weight is 205 g/mol. The molecule has 0 fully saturated rings. The molecule has 0 aromatic rings. The van der Waals surface area contributed by atoms with Gasteiger partial charge in [0.1, 0.15) is 6.04 Å². The summed E-state index contributed by atoms with van der Waals surface area (Å²) >= 11 is 0. The van der Waals surface area contributed by atoms with Crippen molar-refractivity contribution in [1.29, 1.82) is 0 Å². The second kappa shape index (κ2) is 8.00. The maximum Gasteiger partial charge on any atom is 0.320 e. The minimum Gasteiger partial charge on any atom is -0.480 e. The van der Waals surface area contributed by atoms with Crippen molar-refractivity contribution in [2.24, 2.45) is 11.5 Å². The van der Waals surface area contributed by atoms with Crippen LogP contribution in [0.5, 0.6) is 0 Å². The molecule has 0 bridgehead atoms. The van der Waals surface area contributed by atoms with Gasteiger partial charge in [0.25, 0.3) is 0 Å². The van der Waals surface area contributed by atoms with Crippen LogP contribution in [0.2, 0.25) is 0 Å². The topological polar surface area (TPSA) is 89.3 Å². The van der Waals surface area contributed by atoms with E-state index in [-0.39, 0.29) is 16.8 Å². The van der Waals surface area contributed by atoms with Crippen LogP contribution in [0, 0.1) is 0 Å². The maximum atomic E-state index is 10.1. The molecule has 5 heteroatoms. The first-order valence-corrected chi connectivity index (χ1v) is 3.37. The van der Waals surface area contributed by atoms with Crippen molar-refractivity contribution in [2.45, 2.75) is 25.3 Å². The molecular weight excluding hydrogens is 191 g/mol. The van der Waals surface area contributed by atoms with Crippen molar-refractivity contribution in [3.63, 3.8) is 0 Å². The molecule has 0 spiro atoms. The molecule has 1 atom stereocenters. The molecule has 0 aliphatic heterocycles. The van der Waals surface area contributed by atoms with Gasteiger partial charge in [-0.3, -0.25) is 4.79 Å². The first kappa shape index (κ1) is 13.5. The van der Waals surface area contributed by atoms with Gasteiger partial charge in [0.2, 0.25) is 0 Å². The monoisotopic (exact) mass is 205 g/mol. The molecule has 11 heavy (non-hydrogen) atoms. The van der Waals surface area contributed by atoms with Crippen LogP contribution in [0.4, 0.5) is 0 Å². The molecule has 0 amide bonds. The fourth-order valence-corrected chi connectivity index (χ4v) is 0.632. The molecule has 4 nitrogen and oxygen atoms in total. The molecular formula is C6H14CoN2O2. The third-order valence-corrected chi connectivity index (χ3v) is 1.29. The number of carboxylic acids is 1. The molecule has 0 aromatic carbocycles. The summed E-state index contributed by atoms with van der Waals surface area (Å²) in [5.41, 5.74) is 10.4. The Hall–Kier alpha value is -0.104. The van der Waals surface area contributed by atoms with Crippen LogP contribution in [0.3, 0.4) is 0 Å². The predicted octanol–water partition coefficient (Wildman–Crippen LogP) is -0.475. The molecule has 0 saturated carbocycles. The van der Waals surface area contributed by atoms with Crippen LogP contribution in [0.15, 0.2) is 0 Å². The molecule has 1 unspecified atom stereocenters. The number of rotatable bonds is 5. The van der Waals surface area contributed by atoms with Gasteiger partial charge in [-0.25, -0.2) is 0 Å². The van der Waals surface area contributed by atoms with E-state index in [0.717, 1.165) is 12.8 Å². The number of carboxylic acid groups (broad SMARTS) is 1. The average Bonchev–Trinajstić information content (AvgIpc) is 1.88. The van der Waals surface area contributed by atoms with E-state index in [0.29, 0.717) is 13.0 Å². The number of hydrogen-bond donors (Lipinski definition) is 3. The largest absolute Gasteiger partial charge is 0.480 e. The van der Waals surface area contributed by atoms with Gasteiger partial charge in [-0.05, 0) is 19.4 Å². The van der Waals surface area contributed by atoms with E-state index in [1.54, 1.807) is 0 Å². The van der Waals surface area contributed by atoms with Gasteiger partial charge in [-0.2, -0.15) is 0 Å². The van der Waals surface area contributed by atoms with Crippen LogP contribution in [0.25, 0.3) is 0 Å². The molecule has 0 aliphatic rings. The van der Waals surface area contributed by atoms with Crippen molar-refractivity contribution >= 4 is 5.97 Å². The van der Waals surface area contributed by atoms with Crippen LogP contribution in [-0.4, -0.2) is 23.7 Å². The molecule has 0 heterocycles. The Kier molecular flexibility index (Phi) is 9.80. The van der Waals surface area contributed by atoms with Gasteiger partial charge in [-0.15, -0.1) is 0 Å². The van der Waals surface area contributed by atoms with Gasteiger partial charge >= 0.3 is 5.97 Å². The standard InChI is InChI=1S/C6H14N2O2.Co/c7-4-2-1-3-5(8)6(9)10;/h5H,1-4,7-8H2,(H,9,10);. The van der Waals surface area contributed by atoms with Crippen molar-refractivity contribution in [2.75, 3.05) is 6.54 Å². The summed E-state index contributed by atoms with van der Waals surface area (Å²) in [6, 6.07) is -0.716. The molecule has 69 valence electrons. The van der Waals surface area contributed by atoms with Gasteiger partial charge in [0, 0.05) is 16.8 Å². The van der Waals surface area contributed by atoms with Crippen LogP contribution >= 0.6 is 0 Å². The number of carbonyl (C=O) groups is 1. The quantitative estimate of drug-likeness (QED) is 0.529.